The Labute approximate surface area is 133 Å². The van der Waals surface area contributed by atoms with E-state index < -0.39 is 0 Å². The maximum atomic E-state index is 6.11. The van der Waals surface area contributed by atoms with Crippen LogP contribution >= 0.6 is 11.6 Å². The van der Waals surface area contributed by atoms with Crippen LogP contribution in [0.4, 0.5) is 5.82 Å². The Morgan fingerprint density at radius 1 is 1.27 bits per heavy atom. The highest BCUT2D eigenvalue weighted by Gasteiger charge is 2.17. The lowest BCUT2D eigenvalue weighted by Gasteiger charge is -2.28. The standard InChI is InChI=1S/C16H16ClN5/c1-10-2-4-14(20-12-6-18-7-12)21-16(10)13-8-19-15-5-3-11(17)9-22(13)15/h2-5,8-9,12,18H,6-7H2,1H3,(H,20,21). The lowest BCUT2D eigenvalue weighted by molar-refractivity contribution is 0.471. The maximum absolute atomic E-state index is 6.11. The Kier molecular flexibility index (Phi) is 3.24. The van der Waals surface area contributed by atoms with E-state index in [2.05, 4.69) is 28.6 Å². The Bertz CT molecular complexity index is 838. The Balaban J connectivity index is 1.79. The van der Waals surface area contributed by atoms with Crippen LogP contribution in [0.25, 0.3) is 17.0 Å². The molecule has 0 saturated carbocycles. The third kappa shape index (κ3) is 2.32. The van der Waals surface area contributed by atoms with Gasteiger partial charge in [0, 0.05) is 19.3 Å². The molecule has 0 aliphatic carbocycles. The minimum atomic E-state index is 0.458. The van der Waals surface area contributed by atoms with Gasteiger partial charge in [-0.1, -0.05) is 17.7 Å². The highest BCUT2D eigenvalue weighted by Crippen LogP contribution is 2.25. The molecule has 4 rings (SSSR count). The summed E-state index contributed by atoms with van der Waals surface area (Å²) in [5, 5.41) is 7.36. The van der Waals surface area contributed by atoms with E-state index in [1.165, 1.54) is 0 Å². The normalized spacial score (nSPS) is 15.0. The highest BCUT2D eigenvalue weighted by atomic mass is 35.5. The molecule has 1 saturated heterocycles. The fourth-order valence-corrected chi connectivity index (χ4v) is 2.76. The van der Waals surface area contributed by atoms with Crippen molar-refractivity contribution < 1.29 is 0 Å². The highest BCUT2D eigenvalue weighted by molar-refractivity contribution is 6.30. The molecule has 1 aliphatic rings. The first-order valence-electron chi connectivity index (χ1n) is 7.28. The third-order valence-corrected chi connectivity index (χ3v) is 4.17. The summed E-state index contributed by atoms with van der Waals surface area (Å²) in [4.78, 5) is 9.20. The minimum absolute atomic E-state index is 0.458. The number of aryl methyl sites for hydroxylation is 1. The number of hydrogen-bond acceptors (Lipinski definition) is 4. The van der Waals surface area contributed by atoms with Crippen LogP contribution in [-0.2, 0) is 0 Å². The summed E-state index contributed by atoms with van der Waals surface area (Å²) in [5.74, 6) is 0.893. The number of rotatable bonds is 3. The molecule has 112 valence electrons. The number of hydrogen-bond donors (Lipinski definition) is 2. The van der Waals surface area contributed by atoms with Crippen molar-refractivity contribution >= 4 is 23.1 Å². The van der Waals surface area contributed by atoms with Crippen LogP contribution in [0.5, 0.6) is 0 Å². The van der Waals surface area contributed by atoms with Crippen LogP contribution in [0.15, 0.2) is 36.7 Å². The molecule has 0 spiro atoms. The molecule has 0 bridgehead atoms. The second-order valence-corrected chi connectivity index (χ2v) is 6.02. The second kappa shape index (κ2) is 5.26. The van der Waals surface area contributed by atoms with Gasteiger partial charge in [0.1, 0.15) is 11.5 Å². The first-order valence-corrected chi connectivity index (χ1v) is 7.66. The maximum Gasteiger partial charge on any atom is 0.137 e. The van der Waals surface area contributed by atoms with Crippen molar-refractivity contribution in [2.75, 3.05) is 18.4 Å². The molecule has 3 aromatic heterocycles. The first kappa shape index (κ1) is 13.5. The Morgan fingerprint density at radius 3 is 2.91 bits per heavy atom. The van der Waals surface area contributed by atoms with E-state index in [1.54, 1.807) is 0 Å². The van der Waals surface area contributed by atoms with E-state index in [0.29, 0.717) is 11.1 Å². The van der Waals surface area contributed by atoms with Crippen LogP contribution < -0.4 is 10.6 Å². The summed E-state index contributed by atoms with van der Waals surface area (Å²) in [6, 6.07) is 8.31. The second-order valence-electron chi connectivity index (χ2n) is 5.58. The Hall–Kier alpha value is -2.11. The summed E-state index contributed by atoms with van der Waals surface area (Å²) in [6.45, 7) is 4.02. The van der Waals surface area contributed by atoms with Gasteiger partial charge in [-0.3, -0.25) is 4.40 Å². The smallest absolute Gasteiger partial charge is 0.137 e. The third-order valence-electron chi connectivity index (χ3n) is 3.94. The minimum Gasteiger partial charge on any atom is -0.365 e. The van der Waals surface area contributed by atoms with E-state index in [1.807, 2.05) is 35.0 Å². The SMILES string of the molecule is Cc1ccc(NC2CNC2)nc1-c1cnc2ccc(Cl)cn12. The number of fused-ring (bicyclic) bond motifs is 1. The van der Waals surface area contributed by atoms with Gasteiger partial charge in [0.15, 0.2) is 0 Å². The molecular weight excluding hydrogens is 298 g/mol. The van der Waals surface area contributed by atoms with Gasteiger partial charge in [0.2, 0.25) is 0 Å². The molecular formula is C16H16ClN5. The van der Waals surface area contributed by atoms with Gasteiger partial charge in [0.05, 0.1) is 28.6 Å². The fraction of sp³-hybridized carbons (Fsp3) is 0.250. The number of pyridine rings is 2. The zero-order valence-electron chi connectivity index (χ0n) is 12.2. The molecule has 1 fully saturated rings. The zero-order chi connectivity index (χ0) is 15.1. The van der Waals surface area contributed by atoms with Gasteiger partial charge in [-0.2, -0.15) is 0 Å². The number of halogens is 1. The molecule has 3 aromatic rings. The van der Waals surface area contributed by atoms with Gasteiger partial charge in [-0.25, -0.2) is 9.97 Å². The molecule has 5 nitrogen and oxygen atoms in total. The molecule has 0 atom stereocenters. The summed E-state index contributed by atoms with van der Waals surface area (Å²) in [7, 11) is 0. The molecule has 2 N–H and O–H groups in total. The van der Waals surface area contributed by atoms with Crippen LogP contribution in [0.2, 0.25) is 5.02 Å². The van der Waals surface area contributed by atoms with Gasteiger partial charge in [-0.05, 0) is 30.7 Å². The lowest BCUT2D eigenvalue weighted by atomic mass is 10.1. The molecule has 1 aliphatic heterocycles. The molecule has 0 amide bonds. The predicted octanol–water partition coefficient (Wildman–Crippen LogP) is 2.74. The number of anilines is 1. The van der Waals surface area contributed by atoms with Gasteiger partial charge in [-0.15, -0.1) is 0 Å². The van der Waals surface area contributed by atoms with Crippen LogP contribution in [0, 0.1) is 6.92 Å². The van der Waals surface area contributed by atoms with Crippen molar-refractivity contribution in [2.45, 2.75) is 13.0 Å². The first-order chi connectivity index (χ1) is 10.7. The van der Waals surface area contributed by atoms with E-state index in [0.717, 1.165) is 41.5 Å². The fourth-order valence-electron chi connectivity index (χ4n) is 2.60. The summed E-state index contributed by atoms with van der Waals surface area (Å²) in [6.07, 6.45) is 3.71. The summed E-state index contributed by atoms with van der Waals surface area (Å²) in [5.41, 5.74) is 3.85. The number of nitrogens with zero attached hydrogens (tertiary/aromatic N) is 3. The van der Waals surface area contributed by atoms with Gasteiger partial charge >= 0.3 is 0 Å². The van der Waals surface area contributed by atoms with Gasteiger partial charge in [0.25, 0.3) is 0 Å². The average molecular weight is 314 g/mol. The molecule has 6 heteroatoms. The van der Waals surface area contributed by atoms with Crippen molar-refractivity contribution in [3.8, 4) is 11.4 Å². The van der Waals surface area contributed by atoms with E-state index in [4.69, 9.17) is 16.6 Å². The summed E-state index contributed by atoms with van der Waals surface area (Å²) >= 11 is 6.11. The van der Waals surface area contributed by atoms with Crippen LogP contribution in [0.1, 0.15) is 5.56 Å². The number of imidazole rings is 1. The molecule has 0 unspecified atom stereocenters. The van der Waals surface area contributed by atoms with Crippen molar-refractivity contribution in [3.63, 3.8) is 0 Å². The molecule has 4 heterocycles. The monoisotopic (exact) mass is 313 g/mol. The van der Waals surface area contributed by atoms with Crippen molar-refractivity contribution in [1.82, 2.24) is 19.7 Å². The number of nitrogens with one attached hydrogen (secondary N) is 2. The van der Waals surface area contributed by atoms with Crippen molar-refractivity contribution in [2.24, 2.45) is 0 Å². The topological polar surface area (TPSA) is 54.2 Å². The van der Waals surface area contributed by atoms with Crippen molar-refractivity contribution in [3.05, 3.63) is 47.2 Å². The average Bonchev–Trinajstić information content (AvgIpc) is 2.87. The van der Waals surface area contributed by atoms with Crippen LogP contribution in [0.3, 0.4) is 0 Å². The predicted molar refractivity (Wildman–Crippen MR) is 88.5 cm³/mol. The summed E-state index contributed by atoms with van der Waals surface area (Å²) < 4.78 is 1.98. The van der Waals surface area contributed by atoms with Crippen LogP contribution in [-0.4, -0.2) is 33.5 Å². The van der Waals surface area contributed by atoms with E-state index in [9.17, 15) is 0 Å². The van der Waals surface area contributed by atoms with Crippen molar-refractivity contribution in [1.29, 1.82) is 0 Å². The molecule has 0 aromatic carbocycles. The molecule has 22 heavy (non-hydrogen) atoms. The van der Waals surface area contributed by atoms with E-state index >= 15 is 0 Å². The van der Waals surface area contributed by atoms with Gasteiger partial charge < -0.3 is 10.6 Å². The Morgan fingerprint density at radius 2 is 2.14 bits per heavy atom. The number of aromatic nitrogens is 3. The molecule has 0 radical (unpaired) electrons. The quantitative estimate of drug-likeness (QED) is 0.780. The van der Waals surface area contributed by atoms with E-state index in [-0.39, 0.29) is 0 Å². The zero-order valence-corrected chi connectivity index (χ0v) is 12.9. The largest absolute Gasteiger partial charge is 0.365 e. The lowest BCUT2D eigenvalue weighted by Crippen LogP contribution is -2.51.